The van der Waals surface area contributed by atoms with Crippen molar-refractivity contribution in [2.75, 3.05) is 6.61 Å². The monoisotopic (exact) mass is 291 g/mol. The number of hydrogen-bond donors (Lipinski definition) is 1. The van der Waals surface area contributed by atoms with E-state index in [4.69, 9.17) is 16.4 Å². The SMILES string of the molecule is CC(C)CONCc1ccc(Cl)cc1Br. The summed E-state index contributed by atoms with van der Waals surface area (Å²) in [4.78, 5) is 5.28. The standard InChI is InChI=1S/C11H15BrClNO/c1-8(2)7-15-14-6-9-3-4-10(13)5-11(9)12/h3-5,8,14H,6-7H2,1-2H3. The highest BCUT2D eigenvalue weighted by molar-refractivity contribution is 9.10. The average molecular weight is 293 g/mol. The van der Waals surface area contributed by atoms with E-state index in [1.165, 1.54) is 0 Å². The first-order valence-corrected chi connectivity index (χ1v) is 6.05. The summed E-state index contributed by atoms with van der Waals surface area (Å²) in [5.41, 5.74) is 4.05. The Morgan fingerprint density at radius 2 is 2.20 bits per heavy atom. The van der Waals surface area contributed by atoms with Crippen LogP contribution in [0.2, 0.25) is 5.02 Å². The number of hydroxylamine groups is 1. The van der Waals surface area contributed by atoms with Gasteiger partial charge in [0, 0.05) is 16.0 Å². The summed E-state index contributed by atoms with van der Waals surface area (Å²) in [5.74, 6) is 0.533. The van der Waals surface area contributed by atoms with Crippen molar-refractivity contribution in [3.8, 4) is 0 Å². The van der Waals surface area contributed by atoms with Crippen LogP contribution in [0.4, 0.5) is 0 Å². The van der Waals surface area contributed by atoms with Gasteiger partial charge in [-0.25, -0.2) is 0 Å². The minimum Gasteiger partial charge on any atom is -0.301 e. The first-order chi connectivity index (χ1) is 7.09. The van der Waals surface area contributed by atoms with Crippen molar-refractivity contribution < 1.29 is 4.84 Å². The molecule has 84 valence electrons. The van der Waals surface area contributed by atoms with Gasteiger partial charge in [0.2, 0.25) is 0 Å². The molecular weight excluding hydrogens is 277 g/mol. The molecule has 0 radical (unpaired) electrons. The van der Waals surface area contributed by atoms with Crippen LogP contribution < -0.4 is 5.48 Å². The number of nitrogens with one attached hydrogen (secondary N) is 1. The topological polar surface area (TPSA) is 21.3 Å². The van der Waals surface area contributed by atoms with Crippen molar-refractivity contribution in [3.63, 3.8) is 0 Å². The molecule has 0 heterocycles. The third kappa shape index (κ3) is 4.98. The molecule has 4 heteroatoms. The summed E-state index contributed by atoms with van der Waals surface area (Å²) in [7, 11) is 0. The van der Waals surface area contributed by atoms with E-state index in [-0.39, 0.29) is 0 Å². The maximum absolute atomic E-state index is 5.84. The first-order valence-electron chi connectivity index (χ1n) is 4.88. The Balaban J connectivity index is 2.37. The minimum atomic E-state index is 0.533. The van der Waals surface area contributed by atoms with E-state index in [0.29, 0.717) is 19.1 Å². The fourth-order valence-electron chi connectivity index (χ4n) is 1.02. The predicted molar refractivity (Wildman–Crippen MR) is 66.8 cm³/mol. The third-order valence-electron chi connectivity index (χ3n) is 1.80. The van der Waals surface area contributed by atoms with Crippen molar-refractivity contribution in [1.29, 1.82) is 0 Å². The van der Waals surface area contributed by atoms with Crippen LogP contribution in [-0.4, -0.2) is 6.61 Å². The third-order valence-corrected chi connectivity index (χ3v) is 2.77. The second kappa shape index (κ2) is 6.48. The predicted octanol–water partition coefficient (Wildman–Crippen LogP) is 3.78. The molecule has 1 aromatic rings. The second-order valence-corrected chi connectivity index (χ2v) is 5.05. The summed E-state index contributed by atoms with van der Waals surface area (Å²) in [6.45, 7) is 5.61. The van der Waals surface area contributed by atoms with E-state index in [2.05, 4.69) is 35.3 Å². The van der Waals surface area contributed by atoms with Crippen molar-refractivity contribution >= 4 is 27.5 Å². The number of rotatable bonds is 5. The van der Waals surface area contributed by atoms with E-state index >= 15 is 0 Å². The van der Waals surface area contributed by atoms with Gasteiger partial charge in [0.1, 0.15) is 0 Å². The lowest BCUT2D eigenvalue weighted by Crippen LogP contribution is -2.17. The molecule has 0 aliphatic heterocycles. The summed E-state index contributed by atoms with van der Waals surface area (Å²) in [6.07, 6.45) is 0. The molecule has 0 aromatic heterocycles. The Kier molecular flexibility index (Phi) is 5.61. The van der Waals surface area contributed by atoms with Gasteiger partial charge in [-0.15, -0.1) is 0 Å². The second-order valence-electron chi connectivity index (χ2n) is 3.76. The molecule has 0 spiro atoms. The molecule has 0 saturated heterocycles. The van der Waals surface area contributed by atoms with Gasteiger partial charge in [0.05, 0.1) is 6.61 Å². The minimum absolute atomic E-state index is 0.533. The summed E-state index contributed by atoms with van der Waals surface area (Å²) in [5, 5.41) is 0.730. The van der Waals surface area contributed by atoms with E-state index in [1.807, 2.05) is 18.2 Å². The number of hydrogen-bond acceptors (Lipinski definition) is 2. The highest BCUT2D eigenvalue weighted by Crippen LogP contribution is 2.21. The van der Waals surface area contributed by atoms with Gasteiger partial charge in [0.15, 0.2) is 0 Å². The van der Waals surface area contributed by atoms with Crippen LogP contribution in [0, 0.1) is 5.92 Å². The van der Waals surface area contributed by atoms with Gasteiger partial charge in [-0.2, -0.15) is 5.48 Å². The Morgan fingerprint density at radius 1 is 1.47 bits per heavy atom. The van der Waals surface area contributed by atoms with E-state index in [9.17, 15) is 0 Å². The molecule has 0 amide bonds. The molecule has 0 saturated carbocycles. The molecular formula is C11H15BrClNO. The Labute approximate surface area is 104 Å². The fourth-order valence-corrected chi connectivity index (χ4v) is 1.84. The molecule has 0 fully saturated rings. The van der Waals surface area contributed by atoms with Gasteiger partial charge in [0.25, 0.3) is 0 Å². The van der Waals surface area contributed by atoms with Gasteiger partial charge in [-0.1, -0.05) is 47.4 Å². The number of benzene rings is 1. The molecule has 0 aliphatic rings. The van der Waals surface area contributed by atoms with E-state index in [0.717, 1.165) is 15.1 Å². The Hall–Kier alpha value is -0.0900. The molecule has 15 heavy (non-hydrogen) atoms. The molecule has 0 bridgehead atoms. The highest BCUT2D eigenvalue weighted by atomic mass is 79.9. The molecule has 1 N–H and O–H groups in total. The molecule has 0 unspecified atom stereocenters. The van der Waals surface area contributed by atoms with Crippen LogP contribution in [0.5, 0.6) is 0 Å². The van der Waals surface area contributed by atoms with Crippen molar-refractivity contribution in [3.05, 3.63) is 33.3 Å². The van der Waals surface area contributed by atoms with Crippen molar-refractivity contribution in [2.24, 2.45) is 5.92 Å². The van der Waals surface area contributed by atoms with Crippen molar-refractivity contribution in [2.45, 2.75) is 20.4 Å². The van der Waals surface area contributed by atoms with E-state index in [1.54, 1.807) is 0 Å². The molecule has 0 atom stereocenters. The lowest BCUT2D eigenvalue weighted by atomic mass is 10.2. The zero-order chi connectivity index (χ0) is 11.3. The van der Waals surface area contributed by atoms with E-state index < -0.39 is 0 Å². The first kappa shape index (κ1) is 13.0. The molecule has 0 aliphatic carbocycles. The highest BCUT2D eigenvalue weighted by Gasteiger charge is 2.00. The lowest BCUT2D eigenvalue weighted by molar-refractivity contribution is 0.0195. The summed E-state index contributed by atoms with van der Waals surface area (Å²) < 4.78 is 0.996. The van der Waals surface area contributed by atoms with Crippen LogP contribution in [-0.2, 0) is 11.4 Å². The normalized spacial score (nSPS) is 11.0. The van der Waals surface area contributed by atoms with Crippen LogP contribution >= 0.6 is 27.5 Å². The summed E-state index contributed by atoms with van der Waals surface area (Å²) >= 11 is 9.29. The van der Waals surface area contributed by atoms with Crippen LogP contribution in [0.15, 0.2) is 22.7 Å². The molecule has 1 rings (SSSR count). The quantitative estimate of drug-likeness (QED) is 0.659. The molecule has 2 nitrogen and oxygen atoms in total. The van der Waals surface area contributed by atoms with Gasteiger partial charge >= 0.3 is 0 Å². The largest absolute Gasteiger partial charge is 0.301 e. The van der Waals surface area contributed by atoms with Gasteiger partial charge in [-0.3, -0.25) is 0 Å². The smallest absolute Gasteiger partial charge is 0.0705 e. The fraction of sp³-hybridized carbons (Fsp3) is 0.455. The zero-order valence-electron chi connectivity index (χ0n) is 8.89. The Morgan fingerprint density at radius 3 is 2.80 bits per heavy atom. The van der Waals surface area contributed by atoms with Gasteiger partial charge < -0.3 is 4.84 Å². The lowest BCUT2D eigenvalue weighted by Gasteiger charge is -2.09. The number of halogens is 2. The van der Waals surface area contributed by atoms with Gasteiger partial charge in [-0.05, 0) is 23.6 Å². The maximum Gasteiger partial charge on any atom is 0.0705 e. The van der Waals surface area contributed by atoms with Crippen molar-refractivity contribution in [1.82, 2.24) is 5.48 Å². The average Bonchev–Trinajstić information content (AvgIpc) is 2.14. The Bertz CT molecular complexity index is 317. The zero-order valence-corrected chi connectivity index (χ0v) is 11.2. The van der Waals surface area contributed by atoms with Crippen LogP contribution in [0.3, 0.4) is 0 Å². The van der Waals surface area contributed by atoms with Crippen LogP contribution in [0.25, 0.3) is 0 Å². The van der Waals surface area contributed by atoms with Crippen LogP contribution in [0.1, 0.15) is 19.4 Å². The maximum atomic E-state index is 5.84. The summed E-state index contributed by atoms with van der Waals surface area (Å²) in [6, 6.07) is 5.71. The molecule has 1 aromatic carbocycles.